The van der Waals surface area contributed by atoms with E-state index in [4.69, 9.17) is 16.4 Å². The van der Waals surface area contributed by atoms with Gasteiger partial charge in [0.05, 0.1) is 5.71 Å². The second-order valence-corrected chi connectivity index (χ2v) is 6.19. The number of anilines is 1. The number of benzene rings is 2. The van der Waals surface area contributed by atoms with E-state index in [0.29, 0.717) is 17.1 Å². The third-order valence-corrected chi connectivity index (χ3v) is 3.98. The monoisotopic (exact) mass is 378 g/mol. The van der Waals surface area contributed by atoms with E-state index in [2.05, 4.69) is 26.4 Å². The molecule has 0 radical (unpaired) electrons. The molecule has 112 valence electrons. The van der Waals surface area contributed by atoms with Crippen LogP contribution in [0.15, 0.2) is 58.2 Å². The van der Waals surface area contributed by atoms with Gasteiger partial charge in [-0.1, -0.05) is 44.8 Å². The number of hydrogen-bond acceptors (Lipinski definition) is 3. The van der Waals surface area contributed by atoms with Crippen molar-refractivity contribution in [2.45, 2.75) is 12.5 Å². The fourth-order valence-electron chi connectivity index (χ4n) is 2.11. The molecule has 22 heavy (non-hydrogen) atoms. The molecule has 0 spiro atoms. The minimum Gasteiger partial charge on any atom is -0.382 e. The minimum absolute atomic E-state index is 0.226. The lowest BCUT2D eigenvalue weighted by Gasteiger charge is -2.09. The Labute approximate surface area is 141 Å². The van der Waals surface area contributed by atoms with Gasteiger partial charge in [0.25, 0.3) is 5.91 Å². The maximum absolute atomic E-state index is 12.2. The zero-order valence-corrected chi connectivity index (χ0v) is 13.8. The molecule has 2 aromatic carbocycles. The van der Waals surface area contributed by atoms with Gasteiger partial charge in [0.15, 0.2) is 0 Å². The first-order valence-electron chi connectivity index (χ1n) is 6.67. The van der Waals surface area contributed by atoms with Gasteiger partial charge in [0, 0.05) is 27.2 Å². The molecular formula is C16H12BrClN2O2. The number of hydrogen-bond donors (Lipinski definition) is 1. The van der Waals surface area contributed by atoms with Crippen LogP contribution in [0.3, 0.4) is 0 Å². The van der Waals surface area contributed by atoms with Crippen molar-refractivity contribution in [1.29, 1.82) is 0 Å². The summed E-state index contributed by atoms with van der Waals surface area (Å²) in [4.78, 5) is 17.4. The first kappa shape index (κ1) is 15.1. The van der Waals surface area contributed by atoms with Crippen molar-refractivity contribution >= 4 is 44.8 Å². The zero-order chi connectivity index (χ0) is 15.5. The molecule has 0 bridgehead atoms. The number of oxime groups is 1. The Kier molecular flexibility index (Phi) is 4.45. The summed E-state index contributed by atoms with van der Waals surface area (Å²) in [5, 5.41) is 7.43. The van der Waals surface area contributed by atoms with Crippen LogP contribution in [-0.2, 0) is 9.63 Å². The standard InChI is InChI=1S/C16H12BrClN2O2/c17-11-3-1-2-10(8-11)14-9-15(22-20-14)16(21)19-13-6-4-12(18)5-7-13/h1-8,15H,9H2,(H,19,21)/t15-/m0/s1. The average Bonchev–Trinajstić information content (AvgIpc) is 3.00. The van der Waals surface area contributed by atoms with Gasteiger partial charge in [-0.25, -0.2) is 0 Å². The van der Waals surface area contributed by atoms with Crippen molar-refractivity contribution in [1.82, 2.24) is 0 Å². The zero-order valence-electron chi connectivity index (χ0n) is 11.4. The highest BCUT2D eigenvalue weighted by atomic mass is 79.9. The SMILES string of the molecule is O=C(Nc1ccc(Cl)cc1)[C@@H]1CC(c2cccc(Br)c2)=NO1. The molecule has 0 unspecified atom stereocenters. The van der Waals surface area contributed by atoms with E-state index >= 15 is 0 Å². The molecule has 3 rings (SSSR count). The van der Waals surface area contributed by atoms with Crippen molar-refractivity contribution in [3.63, 3.8) is 0 Å². The topological polar surface area (TPSA) is 50.7 Å². The predicted molar refractivity (Wildman–Crippen MR) is 90.3 cm³/mol. The molecule has 1 atom stereocenters. The molecule has 1 aliphatic rings. The van der Waals surface area contributed by atoms with Crippen molar-refractivity contribution in [2.24, 2.45) is 5.16 Å². The molecule has 2 aromatic rings. The molecular weight excluding hydrogens is 368 g/mol. The first-order valence-corrected chi connectivity index (χ1v) is 7.84. The Morgan fingerprint density at radius 1 is 1.27 bits per heavy atom. The molecule has 0 aliphatic carbocycles. The number of halogens is 2. The highest BCUT2D eigenvalue weighted by Gasteiger charge is 2.28. The summed E-state index contributed by atoms with van der Waals surface area (Å²) in [6, 6.07) is 14.7. The molecule has 0 fully saturated rings. The van der Waals surface area contributed by atoms with Crippen LogP contribution < -0.4 is 5.32 Å². The number of nitrogens with zero attached hydrogens (tertiary/aromatic N) is 1. The van der Waals surface area contributed by atoms with Crippen LogP contribution in [-0.4, -0.2) is 17.7 Å². The van der Waals surface area contributed by atoms with E-state index in [0.717, 1.165) is 15.7 Å². The third-order valence-electron chi connectivity index (χ3n) is 3.23. The molecule has 0 saturated carbocycles. The summed E-state index contributed by atoms with van der Waals surface area (Å²) in [5.41, 5.74) is 2.38. The van der Waals surface area contributed by atoms with Gasteiger partial charge in [-0.05, 0) is 36.4 Å². The van der Waals surface area contributed by atoms with E-state index in [1.807, 2.05) is 24.3 Å². The van der Waals surface area contributed by atoms with Crippen LogP contribution in [0, 0.1) is 0 Å². The maximum Gasteiger partial charge on any atom is 0.268 e. The fraction of sp³-hybridized carbons (Fsp3) is 0.125. The Balaban J connectivity index is 1.64. The Morgan fingerprint density at radius 2 is 2.05 bits per heavy atom. The molecule has 6 heteroatoms. The van der Waals surface area contributed by atoms with Crippen LogP contribution >= 0.6 is 27.5 Å². The smallest absolute Gasteiger partial charge is 0.268 e. The van der Waals surface area contributed by atoms with Crippen LogP contribution in [0.2, 0.25) is 5.02 Å². The number of nitrogens with one attached hydrogen (secondary N) is 1. The maximum atomic E-state index is 12.2. The Morgan fingerprint density at radius 3 is 2.77 bits per heavy atom. The Bertz CT molecular complexity index is 731. The van der Waals surface area contributed by atoms with Crippen LogP contribution in [0.5, 0.6) is 0 Å². The number of carbonyl (C=O) groups is 1. The van der Waals surface area contributed by atoms with E-state index < -0.39 is 6.10 Å². The van der Waals surface area contributed by atoms with E-state index in [1.165, 1.54) is 0 Å². The second-order valence-electron chi connectivity index (χ2n) is 4.84. The largest absolute Gasteiger partial charge is 0.382 e. The molecule has 1 N–H and O–H groups in total. The summed E-state index contributed by atoms with van der Waals surface area (Å²) in [6.45, 7) is 0. The van der Waals surface area contributed by atoms with Gasteiger partial charge >= 0.3 is 0 Å². The van der Waals surface area contributed by atoms with Gasteiger partial charge < -0.3 is 10.2 Å². The fourth-order valence-corrected chi connectivity index (χ4v) is 2.64. The number of rotatable bonds is 3. The summed E-state index contributed by atoms with van der Waals surface area (Å²) in [5.74, 6) is -0.226. The van der Waals surface area contributed by atoms with Gasteiger partial charge in [0.1, 0.15) is 0 Å². The van der Waals surface area contributed by atoms with Gasteiger partial charge in [-0.15, -0.1) is 0 Å². The average molecular weight is 380 g/mol. The summed E-state index contributed by atoms with van der Waals surface area (Å²) < 4.78 is 0.960. The first-order chi connectivity index (χ1) is 10.6. The Hall–Kier alpha value is -1.85. The number of amides is 1. The number of carbonyl (C=O) groups excluding carboxylic acids is 1. The van der Waals surface area contributed by atoms with Crippen LogP contribution in [0.1, 0.15) is 12.0 Å². The lowest BCUT2D eigenvalue weighted by Crippen LogP contribution is -2.28. The minimum atomic E-state index is -0.621. The predicted octanol–water partition coefficient (Wildman–Crippen LogP) is 4.23. The molecule has 1 heterocycles. The second kappa shape index (κ2) is 6.50. The third kappa shape index (κ3) is 3.48. The molecule has 0 aromatic heterocycles. The van der Waals surface area contributed by atoms with E-state index in [9.17, 15) is 4.79 Å². The lowest BCUT2D eigenvalue weighted by molar-refractivity contribution is -0.125. The van der Waals surface area contributed by atoms with Crippen LogP contribution in [0.25, 0.3) is 0 Å². The molecule has 1 amide bonds. The lowest BCUT2D eigenvalue weighted by atomic mass is 10.0. The van der Waals surface area contributed by atoms with Crippen molar-refractivity contribution < 1.29 is 9.63 Å². The van der Waals surface area contributed by atoms with Gasteiger partial charge in [0.2, 0.25) is 6.10 Å². The molecule has 4 nitrogen and oxygen atoms in total. The summed E-state index contributed by atoms with van der Waals surface area (Å²) in [6.07, 6.45) is -0.180. The normalized spacial score (nSPS) is 16.8. The quantitative estimate of drug-likeness (QED) is 0.867. The van der Waals surface area contributed by atoms with Crippen molar-refractivity contribution in [3.8, 4) is 0 Å². The molecule has 1 aliphatic heterocycles. The summed E-state index contributed by atoms with van der Waals surface area (Å²) in [7, 11) is 0. The van der Waals surface area contributed by atoms with E-state index in [1.54, 1.807) is 24.3 Å². The molecule has 0 saturated heterocycles. The van der Waals surface area contributed by atoms with Crippen LogP contribution in [0.4, 0.5) is 5.69 Å². The van der Waals surface area contributed by atoms with Gasteiger partial charge in [-0.2, -0.15) is 0 Å². The highest BCUT2D eigenvalue weighted by molar-refractivity contribution is 9.10. The van der Waals surface area contributed by atoms with Crippen molar-refractivity contribution in [2.75, 3.05) is 5.32 Å². The van der Waals surface area contributed by atoms with Gasteiger partial charge in [-0.3, -0.25) is 4.79 Å². The summed E-state index contributed by atoms with van der Waals surface area (Å²) >= 11 is 9.23. The van der Waals surface area contributed by atoms with E-state index in [-0.39, 0.29) is 5.91 Å². The highest BCUT2D eigenvalue weighted by Crippen LogP contribution is 2.21. The van der Waals surface area contributed by atoms with Crippen molar-refractivity contribution in [3.05, 3.63) is 63.6 Å².